The van der Waals surface area contributed by atoms with Crippen molar-refractivity contribution in [2.24, 2.45) is 7.05 Å². The molecule has 0 saturated carbocycles. The van der Waals surface area contributed by atoms with Crippen LogP contribution < -0.4 is 10.2 Å². The van der Waals surface area contributed by atoms with Gasteiger partial charge in [-0.05, 0) is 29.8 Å². The van der Waals surface area contributed by atoms with Crippen molar-refractivity contribution in [2.45, 2.75) is 6.04 Å². The Hall–Kier alpha value is -3.43. The number of nitro groups is 1. The van der Waals surface area contributed by atoms with Crippen molar-refractivity contribution in [3.05, 3.63) is 86.9 Å². The number of ether oxygens (including phenoxy) is 1. The second-order valence-corrected chi connectivity index (χ2v) is 7.85. The topological polar surface area (TPSA) is 103 Å². The summed E-state index contributed by atoms with van der Waals surface area (Å²) in [5.41, 5.74) is 1.35. The van der Waals surface area contributed by atoms with Crippen molar-refractivity contribution >= 4 is 28.9 Å². The number of halogens is 1. The number of aryl methyl sites for hydroxylation is 1. The molecule has 10 heteroatoms. The highest BCUT2D eigenvalue weighted by atomic mass is 35.5. The lowest BCUT2D eigenvalue weighted by atomic mass is 10.0. The summed E-state index contributed by atoms with van der Waals surface area (Å²) in [7, 11) is 1.83. The maximum atomic E-state index is 13.1. The van der Waals surface area contributed by atoms with E-state index < -0.39 is 16.9 Å². The van der Waals surface area contributed by atoms with E-state index in [1.165, 1.54) is 6.07 Å². The van der Waals surface area contributed by atoms with E-state index in [2.05, 4.69) is 10.3 Å². The lowest BCUT2D eigenvalue weighted by Crippen LogP contribution is -2.36. The predicted molar refractivity (Wildman–Crippen MR) is 120 cm³/mol. The highest BCUT2D eigenvalue weighted by Crippen LogP contribution is 2.30. The Morgan fingerprint density at radius 1 is 1.22 bits per heavy atom. The monoisotopic (exact) mass is 455 g/mol. The molecular weight excluding hydrogens is 434 g/mol. The molecule has 0 aliphatic carbocycles. The minimum absolute atomic E-state index is 0.111. The van der Waals surface area contributed by atoms with Crippen LogP contribution in [0.2, 0.25) is 5.02 Å². The third kappa shape index (κ3) is 4.58. The standard InChI is InChI=1S/C22H22ClN5O4/c1-26-9-8-24-21(26)20(15-2-5-17(23)6-3-15)25-22(29)16-4-7-18(19(14-16)28(30)31)27-10-12-32-13-11-27/h2-9,14,20H,10-13H2,1H3,(H,25,29)/t20-/m1/s1. The van der Waals surface area contributed by atoms with Crippen LogP contribution in [-0.4, -0.2) is 46.7 Å². The molecule has 1 fully saturated rings. The molecule has 0 radical (unpaired) electrons. The molecule has 9 nitrogen and oxygen atoms in total. The van der Waals surface area contributed by atoms with Crippen molar-refractivity contribution < 1.29 is 14.5 Å². The number of carbonyl (C=O) groups excluding carboxylic acids is 1. The second kappa shape index (κ2) is 9.37. The number of imidazole rings is 1. The summed E-state index contributed by atoms with van der Waals surface area (Å²) < 4.78 is 7.14. The average molecular weight is 456 g/mol. The van der Waals surface area contributed by atoms with Crippen molar-refractivity contribution in [3.8, 4) is 0 Å². The third-order valence-corrected chi connectivity index (χ3v) is 5.63. The number of benzene rings is 2. The van der Waals surface area contributed by atoms with E-state index in [-0.39, 0.29) is 11.3 Å². The Labute approximate surface area is 189 Å². The van der Waals surface area contributed by atoms with Crippen LogP contribution in [0.15, 0.2) is 54.9 Å². The van der Waals surface area contributed by atoms with E-state index >= 15 is 0 Å². The molecule has 0 bridgehead atoms. The number of nitrogens with zero attached hydrogens (tertiary/aromatic N) is 4. The van der Waals surface area contributed by atoms with E-state index in [0.717, 1.165) is 5.56 Å². The second-order valence-electron chi connectivity index (χ2n) is 7.41. The van der Waals surface area contributed by atoms with Gasteiger partial charge in [-0.15, -0.1) is 0 Å². The number of hydrogen-bond donors (Lipinski definition) is 1. The van der Waals surface area contributed by atoms with Gasteiger partial charge in [0.05, 0.1) is 18.1 Å². The third-order valence-electron chi connectivity index (χ3n) is 5.38. The molecule has 2 heterocycles. The van der Waals surface area contributed by atoms with E-state index in [0.29, 0.717) is 42.8 Å². The highest BCUT2D eigenvalue weighted by Gasteiger charge is 2.26. The maximum Gasteiger partial charge on any atom is 0.293 e. The predicted octanol–water partition coefficient (Wildman–Crippen LogP) is 3.34. The number of amides is 1. The van der Waals surface area contributed by atoms with Gasteiger partial charge in [-0.25, -0.2) is 4.98 Å². The molecule has 0 unspecified atom stereocenters. The fraction of sp³-hybridized carbons (Fsp3) is 0.273. The number of nitro benzene ring substituents is 1. The van der Waals surface area contributed by atoms with Gasteiger partial charge in [0.25, 0.3) is 11.6 Å². The van der Waals surface area contributed by atoms with Crippen molar-refractivity contribution in [3.63, 3.8) is 0 Å². The van der Waals surface area contributed by atoms with E-state index in [9.17, 15) is 14.9 Å². The Morgan fingerprint density at radius 3 is 2.56 bits per heavy atom. The van der Waals surface area contributed by atoms with Gasteiger partial charge in [0, 0.05) is 49.2 Å². The van der Waals surface area contributed by atoms with Crippen LogP contribution in [0.25, 0.3) is 0 Å². The summed E-state index contributed by atoms with van der Waals surface area (Å²) in [6, 6.07) is 11.1. The number of aromatic nitrogens is 2. The van der Waals surface area contributed by atoms with E-state index in [1.807, 2.05) is 28.6 Å². The molecule has 166 valence electrons. The molecule has 1 amide bonds. The molecular formula is C22H22ClN5O4. The van der Waals surface area contributed by atoms with Crippen LogP contribution >= 0.6 is 11.6 Å². The van der Waals surface area contributed by atoms with Gasteiger partial charge < -0.3 is 19.5 Å². The van der Waals surface area contributed by atoms with Crippen LogP contribution in [0.1, 0.15) is 27.8 Å². The van der Waals surface area contributed by atoms with Gasteiger partial charge in [0.15, 0.2) is 0 Å². The Balaban J connectivity index is 1.64. The number of rotatable bonds is 6. The summed E-state index contributed by atoms with van der Waals surface area (Å²) >= 11 is 6.02. The number of hydrogen-bond acceptors (Lipinski definition) is 6. The number of carbonyl (C=O) groups is 1. The average Bonchev–Trinajstić information content (AvgIpc) is 3.23. The first-order valence-corrected chi connectivity index (χ1v) is 10.5. The summed E-state index contributed by atoms with van der Waals surface area (Å²) in [5, 5.41) is 15.3. The number of nitrogens with one attached hydrogen (secondary N) is 1. The smallest absolute Gasteiger partial charge is 0.293 e. The molecule has 1 atom stereocenters. The van der Waals surface area contributed by atoms with Crippen molar-refractivity contribution in [2.75, 3.05) is 31.2 Å². The summed E-state index contributed by atoms with van der Waals surface area (Å²) in [6.07, 6.45) is 3.43. The van der Waals surface area contributed by atoms with Crippen LogP contribution in [-0.2, 0) is 11.8 Å². The molecule has 0 spiro atoms. The van der Waals surface area contributed by atoms with Crippen LogP contribution in [0.5, 0.6) is 0 Å². The van der Waals surface area contributed by atoms with Gasteiger partial charge in [0.1, 0.15) is 17.6 Å². The molecule has 4 rings (SSSR count). The Kier molecular flexibility index (Phi) is 6.38. The maximum absolute atomic E-state index is 13.1. The molecule has 32 heavy (non-hydrogen) atoms. The molecule has 3 aromatic rings. The summed E-state index contributed by atoms with van der Waals surface area (Å²) in [6.45, 7) is 2.13. The lowest BCUT2D eigenvalue weighted by molar-refractivity contribution is -0.384. The summed E-state index contributed by atoms with van der Waals surface area (Å²) in [4.78, 5) is 30.7. The first-order valence-electron chi connectivity index (χ1n) is 10.1. The fourth-order valence-corrected chi connectivity index (χ4v) is 3.83. The molecule has 1 saturated heterocycles. The minimum Gasteiger partial charge on any atom is -0.378 e. The summed E-state index contributed by atoms with van der Waals surface area (Å²) in [5.74, 6) is 0.185. The van der Waals surface area contributed by atoms with Gasteiger partial charge in [-0.1, -0.05) is 23.7 Å². The van der Waals surface area contributed by atoms with Gasteiger partial charge in [-0.2, -0.15) is 0 Å². The van der Waals surface area contributed by atoms with Crippen LogP contribution in [0, 0.1) is 10.1 Å². The first-order chi connectivity index (χ1) is 15.4. The minimum atomic E-state index is -0.558. The SMILES string of the molecule is Cn1ccnc1[C@H](NC(=O)c1ccc(N2CCOCC2)c([N+](=O)[O-])c1)c1ccc(Cl)cc1. The van der Waals surface area contributed by atoms with Crippen LogP contribution in [0.4, 0.5) is 11.4 Å². The zero-order chi connectivity index (χ0) is 22.7. The Morgan fingerprint density at radius 2 is 1.94 bits per heavy atom. The molecule has 1 aliphatic rings. The quantitative estimate of drug-likeness (QED) is 0.451. The number of morpholine rings is 1. The van der Waals surface area contributed by atoms with Gasteiger partial charge in [-0.3, -0.25) is 14.9 Å². The largest absolute Gasteiger partial charge is 0.378 e. The van der Waals surface area contributed by atoms with Gasteiger partial charge in [0.2, 0.25) is 0 Å². The van der Waals surface area contributed by atoms with E-state index in [4.69, 9.17) is 16.3 Å². The normalized spacial score (nSPS) is 14.8. The Bertz CT molecular complexity index is 1130. The first kappa shape index (κ1) is 21.8. The van der Waals surface area contributed by atoms with E-state index in [1.54, 1.807) is 36.7 Å². The molecule has 2 aromatic carbocycles. The highest BCUT2D eigenvalue weighted by molar-refractivity contribution is 6.30. The molecule has 1 N–H and O–H groups in total. The van der Waals surface area contributed by atoms with Crippen LogP contribution in [0.3, 0.4) is 0 Å². The van der Waals surface area contributed by atoms with Gasteiger partial charge >= 0.3 is 0 Å². The van der Waals surface area contributed by atoms with Crippen molar-refractivity contribution in [1.29, 1.82) is 0 Å². The van der Waals surface area contributed by atoms with Crippen molar-refractivity contribution in [1.82, 2.24) is 14.9 Å². The number of anilines is 1. The zero-order valence-electron chi connectivity index (χ0n) is 17.4. The lowest BCUT2D eigenvalue weighted by Gasteiger charge is -2.28. The zero-order valence-corrected chi connectivity index (χ0v) is 18.2. The molecule has 1 aliphatic heterocycles. The fourth-order valence-electron chi connectivity index (χ4n) is 3.70. The molecule has 1 aromatic heterocycles.